The van der Waals surface area contributed by atoms with Crippen molar-refractivity contribution in [2.24, 2.45) is 0 Å². The van der Waals surface area contributed by atoms with Crippen LogP contribution >= 0.6 is 0 Å². The van der Waals surface area contributed by atoms with Gasteiger partial charge < -0.3 is 20.2 Å². The van der Waals surface area contributed by atoms with Crippen LogP contribution < -0.4 is 10.6 Å². The third kappa shape index (κ3) is 2.01. The standard InChI is InChI=1S/C13H17N3O2/c1-13(17)5-2-6-16(8-13)12-15-10-4-3-9(14)7-11(10)18-12/h3-4,7,17H,2,5-6,8,14H2,1H3. The summed E-state index contributed by atoms with van der Waals surface area (Å²) in [6.45, 7) is 3.26. The second kappa shape index (κ2) is 3.88. The Balaban J connectivity index is 1.94. The maximum absolute atomic E-state index is 10.1. The monoisotopic (exact) mass is 247 g/mol. The second-order valence-corrected chi connectivity index (χ2v) is 5.25. The van der Waals surface area contributed by atoms with Gasteiger partial charge in [-0.05, 0) is 31.9 Å². The van der Waals surface area contributed by atoms with Crippen molar-refractivity contribution in [1.29, 1.82) is 0 Å². The topological polar surface area (TPSA) is 75.5 Å². The van der Waals surface area contributed by atoms with E-state index in [1.54, 1.807) is 12.1 Å². The summed E-state index contributed by atoms with van der Waals surface area (Å²) in [5, 5.41) is 10.1. The Morgan fingerprint density at radius 1 is 1.50 bits per heavy atom. The predicted octanol–water partition coefficient (Wildman–Crippen LogP) is 1.76. The molecule has 1 aliphatic heterocycles. The average Bonchev–Trinajstić information content (AvgIpc) is 2.70. The molecule has 0 aliphatic carbocycles. The fourth-order valence-electron chi connectivity index (χ4n) is 2.45. The Bertz CT molecular complexity index is 577. The van der Waals surface area contributed by atoms with Gasteiger partial charge in [-0.2, -0.15) is 4.98 Å². The van der Waals surface area contributed by atoms with Crippen LogP contribution in [0, 0.1) is 0 Å². The normalized spacial score (nSPS) is 24.7. The first-order chi connectivity index (χ1) is 8.53. The summed E-state index contributed by atoms with van der Waals surface area (Å²) >= 11 is 0. The minimum atomic E-state index is -0.669. The maximum Gasteiger partial charge on any atom is 0.298 e. The zero-order valence-electron chi connectivity index (χ0n) is 10.4. The molecule has 1 aromatic carbocycles. The van der Waals surface area contributed by atoms with Crippen molar-refractivity contribution >= 4 is 22.8 Å². The van der Waals surface area contributed by atoms with E-state index in [-0.39, 0.29) is 0 Å². The largest absolute Gasteiger partial charge is 0.423 e. The van der Waals surface area contributed by atoms with Crippen LogP contribution in [0.5, 0.6) is 0 Å². The lowest BCUT2D eigenvalue weighted by Crippen LogP contribution is -2.46. The summed E-state index contributed by atoms with van der Waals surface area (Å²) in [6, 6.07) is 5.99. The van der Waals surface area contributed by atoms with Crippen LogP contribution in [0.1, 0.15) is 19.8 Å². The van der Waals surface area contributed by atoms with E-state index in [1.807, 2.05) is 17.9 Å². The molecule has 96 valence electrons. The van der Waals surface area contributed by atoms with Gasteiger partial charge in [0.05, 0.1) is 12.1 Å². The van der Waals surface area contributed by atoms with Crippen LogP contribution in [-0.2, 0) is 0 Å². The second-order valence-electron chi connectivity index (χ2n) is 5.25. The molecule has 0 radical (unpaired) electrons. The zero-order valence-corrected chi connectivity index (χ0v) is 10.4. The summed E-state index contributed by atoms with van der Waals surface area (Å²) in [7, 11) is 0. The molecule has 1 unspecified atom stereocenters. The number of nitrogens with two attached hydrogens (primary N) is 1. The van der Waals surface area contributed by atoms with Gasteiger partial charge in [0.15, 0.2) is 5.58 Å². The molecule has 1 aromatic heterocycles. The van der Waals surface area contributed by atoms with Gasteiger partial charge in [0.2, 0.25) is 0 Å². The number of benzene rings is 1. The van der Waals surface area contributed by atoms with Gasteiger partial charge in [0, 0.05) is 18.3 Å². The van der Waals surface area contributed by atoms with Crippen molar-refractivity contribution in [2.45, 2.75) is 25.4 Å². The Hall–Kier alpha value is -1.75. The van der Waals surface area contributed by atoms with Crippen LogP contribution in [0.25, 0.3) is 11.1 Å². The number of piperidine rings is 1. The van der Waals surface area contributed by atoms with Gasteiger partial charge in [-0.15, -0.1) is 0 Å². The minimum Gasteiger partial charge on any atom is -0.423 e. The molecule has 1 aliphatic rings. The number of β-amino-alcohol motifs (C(OH)–C–C–N with tert-alkyl or cyclic N) is 1. The molecule has 2 heterocycles. The van der Waals surface area contributed by atoms with Crippen molar-refractivity contribution < 1.29 is 9.52 Å². The van der Waals surface area contributed by atoms with Gasteiger partial charge in [-0.25, -0.2) is 0 Å². The number of rotatable bonds is 1. The van der Waals surface area contributed by atoms with Gasteiger partial charge >= 0.3 is 0 Å². The van der Waals surface area contributed by atoms with Crippen molar-refractivity contribution in [3.63, 3.8) is 0 Å². The van der Waals surface area contributed by atoms with Crippen LogP contribution in [0.15, 0.2) is 22.6 Å². The first-order valence-corrected chi connectivity index (χ1v) is 6.17. The lowest BCUT2D eigenvalue weighted by Gasteiger charge is -2.35. The maximum atomic E-state index is 10.1. The number of oxazole rings is 1. The highest BCUT2D eigenvalue weighted by atomic mass is 16.4. The molecule has 1 atom stereocenters. The van der Waals surface area contributed by atoms with E-state index >= 15 is 0 Å². The molecule has 0 bridgehead atoms. The highest BCUT2D eigenvalue weighted by Gasteiger charge is 2.30. The van der Waals surface area contributed by atoms with Crippen molar-refractivity contribution in [3.05, 3.63) is 18.2 Å². The summed E-state index contributed by atoms with van der Waals surface area (Å²) in [5.41, 5.74) is 7.19. The Labute approximate surface area is 105 Å². The van der Waals surface area contributed by atoms with Crippen molar-refractivity contribution in [2.75, 3.05) is 23.7 Å². The van der Waals surface area contributed by atoms with Gasteiger partial charge in [0.25, 0.3) is 6.01 Å². The van der Waals surface area contributed by atoms with E-state index in [4.69, 9.17) is 10.2 Å². The quantitative estimate of drug-likeness (QED) is 0.751. The Morgan fingerprint density at radius 2 is 2.33 bits per heavy atom. The highest BCUT2D eigenvalue weighted by Crippen LogP contribution is 2.28. The molecule has 3 rings (SSSR count). The van der Waals surface area contributed by atoms with E-state index < -0.39 is 5.60 Å². The fraction of sp³-hybridized carbons (Fsp3) is 0.462. The molecule has 1 fully saturated rings. The summed E-state index contributed by atoms with van der Waals surface area (Å²) < 4.78 is 5.71. The Kier molecular flexibility index (Phi) is 2.45. The molecule has 2 aromatic rings. The highest BCUT2D eigenvalue weighted by molar-refractivity contribution is 5.78. The fourth-order valence-corrected chi connectivity index (χ4v) is 2.45. The molecule has 3 N–H and O–H groups in total. The molecule has 5 nitrogen and oxygen atoms in total. The number of aliphatic hydroxyl groups is 1. The first kappa shape index (κ1) is 11.3. The van der Waals surface area contributed by atoms with E-state index in [0.717, 1.165) is 24.9 Å². The molecule has 0 spiro atoms. The van der Waals surface area contributed by atoms with Crippen LogP contribution in [0.4, 0.5) is 11.7 Å². The lowest BCUT2D eigenvalue weighted by atomic mass is 9.96. The van der Waals surface area contributed by atoms with Crippen LogP contribution in [0.2, 0.25) is 0 Å². The molecular weight excluding hydrogens is 230 g/mol. The Morgan fingerprint density at radius 3 is 3.11 bits per heavy atom. The summed E-state index contributed by atoms with van der Waals surface area (Å²) in [6.07, 6.45) is 1.75. The minimum absolute atomic E-state index is 0.551. The zero-order chi connectivity index (χ0) is 12.8. The average molecular weight is 247 g/mol. The van der Waals surface area contributed by atoms with Crippen molar-refractivity contribution in [3.8, 4) is 0 Å². The van der Waals surface area contributed by atoms with E-state index in [1.165, 1.54) is 0 Å². The number of anilines is 2. The number of hydrogen-bond acceptors (Lipinski definition) is 5. The van der Waals surface area contributed by atoms with Gasteiger partial charge in [-0.3, -0.25) is 0 Å². The van der Waals surface area contributed by atoms with E-state index in [0.29, 0.717) is 23.8 Å². The number of aromatic nitrogens is 1. The lowest BCUT2D eigenvalue weighted by molar-refractivity contribution is 0.0435. The third-order valence-electron chi connectivity index (χ3n) is 3.35. The summed E-state index contributed by atoms with van der Waals surface area (Å²) in [5.74, 6) is 0. The molecule has 5 heteroatoms. The number of hydrogen-bond donors (Lipinski definition) is 2. The molecule has 1 saturated heterocycles. The molecule has 18 heavy (non-hydrogen) atoms. The number of nitrogens with zero attached hydrogens (tertiary/aromatic N) is 2. The van der Waals surface area contributed by atoms with E-state index in [9.17, 15) is 5.11 Å². The molecular formula is C13H17N3O2. The summed E-state index contributed by atoms with van der Waals surface area (Å²) in [4.78, 5) is 6.42. The third-order valence-corrected chi connectivity index (χ3v) is 3.35. The van der Waals surface area contributed by atoms with Gasteiger partial charge in [-0.1, -0.05) is 0 Å². The predicted molar refractivity (Wildman–Crippen MR) is 70.5 cm³/mol. The molecule has 0 amide bonds. The smallest absolute Gasteiger partial charge is 0.298 e. The van der Waals surface area contributed by atoms with Crippen molar-refractivity contribution in [1.82, 2.24) is 4.98 Å². The number of nitrogen functional groups attached to an aromatic ring is 1. The first-order valence-electron chi connectivity index (χ1n) is 6.17. The van der Waals surface area contributed by atoms with Crippen LogP contribution in [0.3, 0.4) is 0 Å². The SMILES string of the molecule is CC1(O)CCCN(c2nc3ccc(N)cc3o2)C1. The van der Waals surface area contributed by atoms with Gasteiger partial charge in [0.1, 0.15) is 5.52 Å². The van der Waals surface area contributed by atoms with Crippen LogP contribution in [-0.4, -0.2) is 28.8 Å². The van der Waals surface area contributed by atoms with E-state index in [2.05, 4.69) is 4.98 Å². The number of fused-ring (bicyclic) bond motifs is 1. The molecule has 0 saturated carbocycles.